The van der Waals surface area contributed by atoms with Gasteiger partial charge in [0.2, 0.25) is 0 Å². The Morgan fingerprint density at radius 2 is 1.81 bits per heavy atom. The van der Waals surface area contributed by atoms with E-state index in [4.69, 9.17) is 5.11 Å². The third-order valence-electron chi connectivity index (χ3n) is 2.61. The lowest BCUT2D eigenvalue weighted by Crippen LogP contribution is -2.08. The molecule has 0 saturated heterocycles. The molecule has 0 aromatic rings. The Morgan fingerprint density at radius 1 is 1.19 bits per heavy atom. The number of carbonyl (C=O) groups is 1. The number of rotatable bonds is 7. The molecule has 0 aliphatic heterocycles. The van der Waals surface area contributed by atoms with Crippen LogP contribution in [0.2, 0.25) is 0 Å². The first-order valence-electron chi connectivity index (χ1n) is 5.95. The molecular formula is C14H24O2. The minimum atomic E-state index is -0.699. The van der Waals surface area contributed by atoms with Crippen molar-refractivity contribution in [1.82, 2.24) is 0 Å². The van der Waals surface area contributed by atoms with Gasteiger partial charge in [-0.25, -0.2) is 0 Å². The maximum absolute atomic E-state index is 10.6. The highest BCUT2D eigenvalue weighted by Gasteiger charge is 2.08. The van der Waals surface area contributed by atoms with E-state index in [9.17, 15) is 4.79 Å². The van der Waals surface area contributed by atoms with Crippen molar-refractivity contribution in [3.8, 4) is 0 Å². The van der Waals surface area contributed by atoms with Gasteiger partial charge in [0.05, 0.1) is 5.92 Å². The van der Waals surface area contributed by atoms with Crippen molar-refractivity contribution in [1.29, 1.82) is 0 Å². The van der Waals surface area contributed by atoms with Crippen LogP contribution in [0.4, 0.5) is 0 Å². The summed E-state index contributed by atoms with van der Waals surface area (Å²) in [5, 5.41) is 8.72. The molecule has 2 nitrogen and oxygen atoms in total. The molecule has 1 N–H and O–H groups in total. The average molecular weight is 224 g/mol. The van der Waals surface area contributed by atoms with Gasteiger partial charge >= 0.3 is 5.97 Å². The van der Waals surface area contributed by atoms with Gasteiger partial charge in [-0.05, 0) is 46.5 Å². The lowest BCUT2D eigenvalue weighted by molar-refractivity contribution is -0.141. The van der Waals surface area contributed by atoms with Crippen molar-refractivity contribution in [2.24, 2.45) is 5.92 Å². The molecule has 0 heterocycles. The van der Waals surface area contributed by atoms with Gasteiger partial charge in [-0.2, -0.15) is 0 Å². The molecule has 92 valence electrons. The minimum Gasteiger partial charge on any atom is -0.481 e. The van der Waals surface area contributed by atoms with Crippen LogP contribution in [0.15, 0.2) is 23.3 Å². The standard InChI is InChI=1S/C14H24O2/c1-11(2)7-5-8-12(3)9-6-10-13(4)14(15)16/h7,9,13H,5-6,8,10H2,1-4H3,(H,15,16)/b12-9+/t13-/m0/s1. The fraction of sp³-hybridized carbons (Fsp3) is 0.643. The van der Waals surface area contributed by atoms with Crippen LogP contribution in [-0.4, -0.2) is 11.1 Å². The normalized spacial score (nSPS) is 13.4. The third-order valence-corrected chi connectivity index (χ3v) is 2.61. The van der Waals surface area contributed by atoms with E-state index < -0.39 is 5.97 Å². The van der Waals surface area contributed by atoms with E-state index in [1.54, 1.807) is 6.92 Å². The third kappa shape index (κ3) is 8.27. The Labute approximate surface area is 99.1 Å². The lowest BCUT2D eigenvalue weighted by atomic mass is 10.0. The number of aliphatic carboxylic acids is 1. The summed E-state index contributed by atoms with van der Waals surface area (Å²) in [7, 11) is 0. The predicted molar refractivity (Wildman–Crippen MR) is 68.5 cm³/mol. The molecule has 0 aromatic heterocycles. The highest BCUT2D eigenvalue weighted by molar-refractivity contribution is 5.69. The second-order valence-corrected chi connectivity index (χ2v) is 4.69. The van der Waals surface area contributed by atoms with Crippen LogP contribution in [0.1, 0.15) is 53.4 Å². The summed E-state index contributed by atoms with van der Waals surface area (Å²) >= 11 is 0. The highest BCUT2D eigenvalue weighted by atomic mass is 16.4. The molecule has 0 unspecified atom stereocenters. The zero-order valence-corrected chi connectivity index (χ0v) is 10.9. The Balaban J connectivity index is 3.79. The monoisotopic (exact) mass is 224 g/mol. The minimum absolute atomic E-state index is 0.234. The molecule has 0 saturated carbocycles. The predicted octanol–water partition coefficient (Wildman–Crippen LogP) is 4.18. The van der Waals surface area contributed by atoms with E-state index in [2.05, 4.69) is 32.9 Å². The summed E-state index contributed by atoms with van der Waals surface area (Å²) in [6.07, 6.45) is 8.16. The molecule has 0 aliphatic rings. The largest absolute Gasteiger partial charge is 0.481 e. The Bertz CT molecular complexity index is 270. The number of carboxylic acids is 1. The van der Waals surface area contributed by atoms with Crippen LogP contribution in [0.5, 0.6) is 0 Å². The van der Waals surface area contributed by atoms with Crippen molar-refractivity contribution in [2.45, 2.75) is 53.4 Å². The molecule has 2 heteroatoms. The highest BCUT2D eigenvalue weighted by Crippen LogP contribution is 2.11. The van der Waals surface area contributed by atoms with E-state index in [0.717, 1.165) is 25.7 Å². The van der Waals surface area contributed by atoms with Gasteiger partial charge in [0.25, 0.3) is 0 Å². The summed E-state index contributed by atoms with van der Waals surface area (Å²) in [6.45, 7) is 8.08. The molecule has 0 amide bonds. The molecule has 0 aliphatic carbocycles. The first kappa shape index (κ1) is 14.9. The van der Waals surface area contributed by atoms with Crippen LogP contribution < -0.4 is 0 Å². The molecule has 16 heavy (non-hydrogen) atoms. The molecule has 0 fully saturated rings. The number of allylic oxidation sites excluding steroid dienone is 4. The Morgan fingerprint density at radius 3 is 2.31 bits per heavy atom. The summed E-state index contributed by atoms with van der Waals surface area (Å²) in [5.41, 5.74) is 2.71. The maximum atomic E-state index is 10.6. The van der Waals surface area contributed by atoms with Crippen LogP contribution in [0.3, 0.4) is 0 Å². The fourth-order valence-corrected chi connectivity index (χ4v) is 1.39. The molecule has 0 aromatic carbocycles. The van der Waals surface area contributed by atoms with E-state index >= 15 is 0 Å². The zero-order chi connectivity index (χ0) is 12.6. The number of carboxylic acid groups (broad SMARTS) is 1. The van der Waals surface area contributed by atoms with Crippen molar-refractivity contribution in [3.05, 3.63) is 23.3 Å². The maximum Gasteiger partial charge on any atom is 0.306 e. The van der Waals surface area contributed by atoms with E-state index in [0.29, 0.717) is 0 Å². The number of hydrogen-bond acceptors (Lipinski definition) is 1. The van der Waals surface area contributed by atoms with Gasteiger partial charge in [-0.1, -0.05) is 30.2 Å². The molecule has 1 atom stereocenters. The van der Waals surface area contributed by atoms with Crippen molar-refractivity contribution in [2.75, 3.05) is 0 Å². The first-order valence-corrected chi connectivity index (χ1v) is 5.95. The summed E-state index contributed by atoms with van der Waals surface area (Å²) in [6, 6.07) is 0. The SMILES string of the molecule is CC(C)=CCC/C(C)=C/CC[C@H](C)C(=O)O. The zero-order valence-electron chi connectivity index (χ0n) is 10.9. The van der Waals surface area contributed by atoms with E-state index in [1.165, 1.54) is 11.1 Å². The van der Waals surface area contributed by atoms with Crippen molar-refractivity contribution < 1.29 is 9.90 Å². The van der Waals surface area contributed by atoms with Gasteiger partial charge in [-0.15, -0.1) is 0 Å². The van der Waals surface area contributed by atoms with Crippen molar-refractivity contribution in [3.63, 3.8) is 0 Å². The van der Waals surface area contributed by atoms with Crippen LogP contribution >= 0.6 is 0 Å². The quantitative estimate of drug-likeness (QED) is 0.659. The van der Waals surface area contributed by atoms with E-state index in [1.807, 2.05) is 0 Å². The van der Waals surface area contributed by atoms with Gasteiger partial charge in [0, 0.05) is 0 Å². The molecule has 0 bridgehead atoms. The Kier molecular flexibility index (Phi) is 7.61. The Hall–Kier alpha value is -1.05. The average Bonchev–Trinajstić information content (AvgIpc) is 2.16. The van der Waals surface area contributed by atoms with Crippen LogP contribution in [0.25, 0.3) is 0 Å². The van der Waals surface area contributed by atoms with Crippen LogP contribution in [-0.2, 0) is 4.79 Å². The molecule has 0 radical (unpaired) electrons. The molecular weight excluding hydrogens is 200 g/mol. The van der Waals surface area contributed by atoms with Gasteiger partial charge in [0.15, 0.2) is 0 Å². The van der Waals surface area contributed by atoms with Gasteiger partial charge in [0.1, 0.15) is 0 Å². The van der Waals surface area contributed by atoms with Crippen LogP contribution in [0, 0.1) is 5.92 Å². The first-order chi connectivity index (χ1) is 7.43. The smallest absolute Gasteiger partial charge is 0.306 e. The van der Waals surface area contributed by atoms with Crippen molar-refractivity contribution >= 4 is 5.97 Å². The topological polar surface area (TPSA) is 37.3 Å². The summed E-state index contributed by atoms with van der Waals surface area (Å²) in [4.78, 5) is 10.6. The van der Waals surface area contributed by atoms with Gasteiger partial charge < -0.3 is 5.11 Å². The fourth-order valence-electron chi connectivity index (χ4n) is 1.39. The second-order valence-electron chi connectivity index (χ2n) is 4.69. The molecule has 0 spiro atoms. The summed E-state index contributed by atoms with van der Waals surface area (Å²) in [5.74, 6) is -0.933. The number of hydrogen-bond donors (Lipinski definition) is 1. The van der Waals surface area contributed by atoms with Gasteiger partial charge in [-0.3, -0.25) is 4.79 Å². The second kappa shape index (κ2) is 8.14. The lowest BCUT2D eigenvalue weighted by Gasteiger charge is -2.04. The molecule has 0 rings (SSSR count). The summed E-state index contributed by atoms with van der Waals surface area (Å²) < 4.78 is 0. The van der Waals surface area contributed by atoms with E-state index in [-0.39, 0.29) is 5.92 Å².